The van der Waals surface area contributed by atoms with Crippen LogP contribution in [0, 0.1) is 5.92 Å². The first-order chi connectivity index (χ1) is 7.70. The summed E-state index contributed by atoms with van der Waals surface area (Å²) in [4.78, 5) is 2.41. The molecule has 0 radical (unpaired) electrons. The molecule has 88 valence electrons. The molecule has 16 heavy (non-hydrogen) atoms. The van der Waals surface area contributed by atoms with E-state index < -0.39 is 0 Å². The molecular weight excluding hydrogens is 264 g/mol. The highest BCUT2D eigenvalue weighted by Crippen LogP contribution is 2.30. The summed E-state index contributed by atoms with van der Waals surface area (Å²) in [6, 6.07) is 6.17. The zero-order chi connectivity index (χ0) is 11.5. The average Bonchev–Trinajstić information content (AvgIpc) is 2.29. The van der Waals surface area contributed by atoms with Gasteiger partial charge in [0.25, 0.3) is 0 Å². The third kappa shape index (κ3) is 2.51. The Morgan fingerprint density at radius 3 is 2.62 bits per heavy atom. The van der Waals surface area contributed by atoms with Crippen molar-refractivity contribution in [2.24, 2.45) is 5.92 Å². The molecule has 1 aromatic rings. The van der Waals surface area contributed by atoms with E-state index in [0.717, 1.165) is 29.2 Å². The van der Waals surface area contributed by atoms with E-state index in [1.807, 2.05) is 6.07 Å². The van der Waals surface area contributed by atoms with Crippen LogP contribution in [0.2, 0.25) is 0 Å². The number of nitrogens with zero attached hydrogens (tertiary/aromatic N) is 1. The minimum absolute atomic E-state index is 0.879. The predicted octanol–water partition coefficient (Wildman–Crippen LogP) is 3.66. The van der Waals surface area contributed by atoms with E-state index in [2.05, 4.69) is 39.9 Å². The normalized spacial score (nSPS) is 17.8. The summed E-state index contributed by atoms with van der Waals surface area (Å²) in [6.07, 6.45) is 3.90. The fraction of sp³-hybridized carbons (Fsp3) is 0.538. The quantitative estimate of drug-likeness (QED) is 0.839. The van der Waals surface area contributed by atoms with Gasteiger partial charge in [-0.1, -0.05) is 29.3 Å². The molecule has 2 rings (SSSR count). The van der Waals surface area contributed by atoms with E-state index in [0.29, 0.717) is 0 Å². The van der Waals surface area contributed by atoms with Crippen molar-refractivity contribution in [3.05, 3.63) is 22.7 Å². The highest BCUT2D eigenvalue weighted by Gasteiger charge is 2.19. The van der Waals surface area contributed by atoms with E-state index in [4.69, 9.17) is 5.73 Å². The second kappa shape index (κ2) is 5.09. The fourth-order valence-corrected chi connectivity index (χ4v) is 2.77. The zero-order valence-corrected chi connectivity index (χ0v) is 11.3. The Labute approximate surface area is 106 Å². The van der Waals surface area contributed by atoms with E-state index in [-0.39, 0.29) is 0 Å². The number of halogens is 1. The molecule has 0 amide bonds. The Morgan fingerprint density at radius 2 is 2.06 bits per heavy atom. The average molecular weight is 283 g/mol. The Bertz CT molecular complexity index is 357. The molecule has 0 saturated carbocycles. The maximum Gasteiger partial charge on any atom is 0.0600 e. The van der Waals surface area contributed by atoms with Crippen LogP contribution in [0.5, 0.6) is 0 Å². The van der Waals surface area contributed by atoms with Gasteiger partial charge in [0.05, 0.1) is 11.4 Å². The van der Waals surface area contributed by atoms with Crippen LogP contribution in [0.25, 0.3) is 0 Å². The largest absolute Gasteiger partial charge is 0.397 e. The molecule has 1 saturated heterocycles. The van der Waals surface area contributed by atoms with Gasteiger partial charge in [-0.3, -0.25) is 0 Å². The maximum atomic E-state index is 6.05. The molecule has 2 nitrogen and oxygen atoms in total. The van der Waals surface area contributed by atoms with Crippen molar-refractivity contribution in [3.8, 4) is 0 Å². The molecule has 2 N–H and O–H groups in total. The Morgan fingerprint density at radius 1 is 1.38 bits per heavy atom. The Kier molecular flexibility index (Phi) is 3.74. The molecule has 1 aromatic carbocycles. The third-order valence-electron chi connectivity index (χ3n) is 3.52. The number of nitrogens with two attached hydrogens (primary N) is 1. The SMILES string of the molecule is CCC1CCN(c2ccc(Br)cc2N)CC1. The van der Waals surface area contributed by atoms with E-state index in [9.17, 15) is 0 Å². The first-order valence-corrected chi connectivity index (χ1v) is 6.80. The summed E-state index contributed by atoms with van der Waals surface area (Å²) < 4.78 is 1.05. The van der Waals surface area contributed by atoms with Gasteiger partial charge in [0.2, 0.25) is 0 Å². The van der Waals surface area contributed by atoms with Crippen LogP contribution in [-0.2, 0) is 0 Å². The molecule has 1 aliphatic heterocycles. The van der Waals surface area contributed by atoms with Crippen molar-refractivity contribution in [1.29, 1.82) is 0 Å². The molecule has 0 bridgehead atoms. The molecule has 1 aliphatic rings. The van der Waals surface area contributed by atoms with Gasteiger partial charge in [-0.2, -0.15) is 0 Å². The number of hydrogen-bond donors (Lipinski definition) is 1. The molecular formula is C13H19BrN2. The summed E-state index contributed by atoms with van der Waals surface area (Å²) in [7, 11) is 0. The van der Waals surface area contributed by atoms with Crippen LogP contribution in [0.15, 0.2) is 22.7 Å². The van der Waals surface area contributed by atoms with Crippen LogP contribution >= 0.6 is 15.9 Å². The van der Waals surface area contributed by atoms with Crippen LogP contribution in [0.3, 0.4) is 0 Å². The summed E-state index contributed by atoms with van der Waals surface area (Å²) in [5.41, 5.74) is 8.12. The lowest BCUT2D eigenvalue weighted by molar-refractivity contribution is 0.395. The molecule has 3 heteroatoms. The van der Waals surface area contributed by atoms with Gasteiger partial charge in [-0.25, -0.2) is 0 Å². The highest BCUT2D eigenvalue weighted by molar-refractivity contribution is 9.10. The molecule has 0 aliphatic carbocycles. The third-order valence-corrected chi connectivity index (χ3v) is 4.02. The van der Waals surface area contributed by atoms with Crippen molar-refractivity contribution >= 4 is 27.3 Å². The summed E-state index contributed by atoms with van der Waals surface area (Å²) in [5.74, 6) is 0.910. The summed E-state index contributed by atoms with van der Waals surface area (Å²) in [6.45, 7) is 4.57. The Hall–Kier alpha value is -0.700. The molecule has 0 atom stereocenters. The fourth-order valence-electron chi connectivity index (χ4n) is 2.40. The van der Waals surface area contributed by atoms with Crippen molar-refractivity contribution in [1.82, 2.24) is 0 Å². The van der Waals surface area contributed by atoms with E-state index >= 15 is 0 Å². The second-order valence-corrected chi connectivity index (χ2v) is 5.46. The van der Waals surface area contributed by atoms with Gasteiger partial charge in [0.1, 0.15) is 0 Å². The minimum Gasteiger partial charge on any atom is -0.397 e. The lowest BCUT2D eigenvalue weighted by atomic mass is 9.94. The van der Waals surface area contributed by atoms with Crippen molar-refractivity contribution in [2.45, 2.75) is 26.2 Å². The van der Waals surface area contributed by atoms with Gasteiger partial charge in [0, 0.05) is 17.6 Å². The molecule has 1 fully saturated rings. The van der Waals surface area contributed by atoms with E-state index in [1.165, 1.54) is 24.9 Å². The van der Waals surface area contributed by atoms with Gasteiger partial charge in [0.15, 0.2) is 0 Å². The van der Waals surface area contributed by atoms with Crippen molar-refractivity contribution in [2.75, 3.05) is 23.7 Å². The monoisotopic (exact) mass is 282 g/mol. The number of nitrogen functional groups attached to an aromatic ring is 1. The van der Waals surface area contributed by atoms with Gasteiger partial charge in [-0.15, -0.1) is 0 Å². The van der Waals surface area contributed by atoms with Crippen LogP contribution in [0.4, 0.5) is 11.4 Å². The molecule has 0 unspecified atom stereocenters. The zero-order valence-electron chi connectivity index (χ0n) is 9.75. The van der Waals surface area contributed by atoms with Crippen LogP contribution in [0.1, 0.15) is 26.2 Å². The number of benzene rings is 1. The van der Waals surface area contributed by atoms with Crippen LogP contribution in [-0.4, -0.2) is 13.1 Å². The van der Waals surface area contributed by atoms with E-state index in [1.54, 1.807) is 0 Å². The number of anilines is 2. The van der Waals surface area contributed by atoms with Crippen molar-refractivity contribution < 1.29 is 0 Å². The minimum atomic E-state index is 0.879. The lowest BCUT2D eigenvalue weighted by Gasteiger charge is -2.34. The van der Waals surface area contributed by atoms with Gasteiger partial charge in [-0.05, 0) is 37.0 Å². The van der Waals surface area contributed by atoms with Gasteiger partial charge < -0.3 is 10.6 Å². The van der Waals surface area contributed by atoms with Crippen molar-refractivity contribution in [3.63, 3.8) is 0 Å². The maximum absolute atomic E-state index is 6.05. The second-order valence-electron chi connectivity index (χ2n) is 4.54. The summed E-state index contributed by atoms with van der Waals surface area (Å²) >= 11 is 3.44. The smallest absolute Gasteiger partial charge is 0.0600 e. The number of piperidine rings is 1. The standard InChI is InChI=1S/C13H19BrN2/c1-2-10-5-7-16(8-6-10)13-4-3-11(14)9-12(13)15/h3-4,9-10H,2,5-8,15H2,1H3. The first-order valence-electron chi connectivity index (χ1n) is 6.00. The first kappa shape index (κ1) is 11.8. The number of hydrogen-bond acceptors (Lipinski definition) is 2. The molecule has 0 aromatic heterocycles. The van der Waals surface area contributed by atoms with Crippen LogP contribution < -0.4 is 10.6 Å². The highest BCUT2D eigenvalue weighted by atomic mass is 79.9. The predicted molar refractivity (Wildman–Crippen MR) is 73.8 cm³/mol. The lowest BCUT2D eigenvalue weighted by Crippen LogP contribution is -2.33. The topological polar surface area (TPSA) is 29.3 Å². The number of rotatable bonds is 2. The summed E-state index contributed by atoms with van der Waals surface area (Å²) in [5, 5.41) is 0. The Balaban J connectivity index is 2.08. The molecule has 0 spiro atoms. The van der Waals surface area contributed by atoms with Gasteiger partial charge >= 0.3 is 0 Å². The molecule has 1 heterocycles.